The first-order valence-electron chi connectivity index (χ1n) is 8.12. The molecule has 1 unspecified atom stereocenters. The van der Waals surface area contributed by atoms with Crippen molar-refractivity contribution >= 4 is 11.9 Å². The molecule has 0 aliphatic carbocycles. The van der Waals surface area contributed by atoms with Crippen molar-refractivity contribution in [2.24, 2.45) is 10.4 Å². The molecular weight excluding hydrogens is 296 g/mol. The van der Waals surface area contributed by atoms with E-state index in [-0.39, 0.29) is 11.3 Å². The molecule has 1 atom stereocenters. The van der Waals surface area contributed by atoms with Gasteiger partial charge in [-0.3, -0.25) is 9.79 Å². The van der Waals surface area contributed by atoms with E-state index < -0.39 is 0 Å². The second kappa shape index (κ2) is 6.55. The molecule has 2 N–H and O–H groups in total. The van der Waals surface area contributed by atoms with Gasteiger partial charge in [0.2, 0.25) is 11.8 Å². The van der Waals surface area contributed by atoms with Crippen LogP contribution in [0.3, 0.4) is 0 Å². The highest BCUT2D eigenvalue weighted by atomic mass is 16.5. The van der Waals surface area contributed by atoms with Gasteiger partial charge in [0.25, 0.3) is 0 Å². The van der Waals surface area contributed by atoms with E-state index in [0.717, 1.165) is 38.4 Å². The highest BCUT2D eigenvalue weighted by Crippen LogP contribution is 2.35. The molecule has 2 fully saturated rings. The van der Waals surface area contributed by atoms with Gasteiger partial charge in [0.1, 0.15) is 0 Å². The van der Waals surface area contributed by atoms with Gasteiger partial charge in [0.05, 0.1) is 0 Å². The first-order valence-corrected chi connectivity index (χ1v) is 8.12. The number of hydrogen-bond donors (Lipinski definition) is 2. The van der Waals surface area contributed by atoms with E-state index in [2.05, 4.69) is 30.7 Å². The minimum atomic E-state index is 0.0660. The van der Waals surface area contributed by atoms with Gasteiger partial charge >= 0.3 is 0 Å². The first kappa shape index (κ1) is 15.8. The summed E-state index contributed by atoms with van der Waals surface area (Å²) in [5.41, 5.74) is 0.0660. The number of aromatic nitrogens is 2. The Labute approximate surface area is 135 Å². The molecule has 1 aromatic heterocycles. The normalized spacial score (nSPS) is 25.0. The second-order valence-corrected chi connectivity index (χ2v) is 6.44. The maximum atomic E-state index is 11.6. The van der Waals surface area contributed by atoms with Gasteiger partial charge in [-0.15, -0.1) is 0 Å². The molecule has 0 aromatic carbocycles. The average Bonchev–Trinajstić information content (AvgIpc) is 3.10. The zero-order valence-corrected chi connectivity index (χ0v) is 13.8. The third kappa shape index (κ3) is 3.62. The lowest BCUT2D eigenvalue weighted by Gasteiger charge is -2.40. The second-order valence-electron chi connectivity index (χ2n) is 6.44. The Morgan fingerprint density at radius 3 is 3.09 bits per heavy atom. The Bertz CT molecular complexity index is 599. The van der Waals surface area contributed by atoms with Crippen LogP contribution in [-0.4, -0.2) is 60.1 Å². The molecule has 1 spiro atoms. The summed E-state index contributed by atoms with van der Waals surface area (Å²) >= 11 is 0. The van der Waals surface area contributed by atoms with E-state index in [0.29, 0.717) is 31.1 Å². The first-order chi connectivity index (χ1) is 11.1. The summed E-state index contributed by atoms with van der Waals surface area (Å²) in [5.74, 6) is 2.33. The van der Waals surface area contributed by atoms with Crippen LogP contribution >= 0.6 is 0 Å². The molecule has 0 radical (unpaired) electrons. The largest absolute Gasteiger partial charge is 0.356 e. The van der Waals surface area contributed by atoms with Gasteiger partial charge in [0, 0.05) is 51.5 Å². The fourth-order valence-corrected chi connectivity index (χ4v) is 3.48. The van der Waals surface area contributed by atoms with Crippen LogP contribution in [0, 0.1) is 12.3 Å². The molecule has 2 saturated heterocycles. The van der Waals surface area contributed by atoms with Crippen LogP contribution in [0.2, 0.25) is 0 Å². The van der Waals surface area contributed by atoms with Crippen molar-refractivity contribution in [2.45, 2.75) is 32.6 Å². The number of likely N-dealkylation sites (tertiary alicyclic amines) is 1. The van der Waals surface area contributed by atoms with Gasteiger partial charge in [-0.05, 0) is 19.8 Å². The van der Waals surface area contributed by atoms with Gasteiger partial charge in [-0.2, -0.15) is 4.98 Å². The summed E-state index contributed by atoms with van der Waals surface area (Å²) in [6.07, 6.45) is 3.47. The lowest BCUT2D eigenvalue weighted by molar-refractivity contribution is -0.119. The van der Waals surface area contributed by atoms with Crippen molar-refractivity contribution in [1.82, 2.24) is 25.7 Å². The number of nitrogens with zero attached hydrogens (tertiary/aromatic N) is 4. The quantitative estimate of drug-likeness (QED) is 0.606. The molecule has 0 saturated carbocycles. The minimum Gasteiger partial charge on any atom is -0.356 e. The highest BCUT2D eigenvalue weighted by Gasteiger charge is 2.42. The molecule has 1 aromatic rings. The number of piperidine rings is 1. The summed E-state index contributed by atoms with van der Waals surface area (Å²) < 4.78 is 5.11. The van der Waals surface area contributed by atoms with Gasteiger partial charge in [0.15, 0.2) is 11.8 Å². The Hall–Kier alpha value is -2.12. The maximum Gasteiger partial charge on any atom is 0.228 e. The summed E-state index contributed by atoms with van der Waals surface area (Å²) in [6.45, 7) is 5.11. The number of guanidine groups is 1. The van der Waals surface area contributed by atoms with Crippen molar-refractivity contribution < 1.29 is 9.32 Å². The molecule has 23 heavy (non-hydrogen) atoms. The maximum absolute atomic E-state index is 11.6. The van der Waals surface area contributed by atoms with Crippen molar-refractivity contribution in [1.29, 1.82) is 0 Å². The van der Waals surface area contributed by atoms with Gasteiger partial charge < -0.3 is 20.1 Å². The van der Waals surface area contributed by atoms with Crippen molar-refractivity contribution in [3.8, 4) is 0 Å². The van der Waals surface area contributed by atoms with Gasteiger partial charge in [-0.25, -0.2) is 0 Å². The summed E-state index contributed by atoms with van der Waals surface area (Å²) in [4.78, 5) is 22.4. The lowest BCUT2D eigenvalue weighted by atomic mass is 9.79. The molecule has 3 heterocycles. The van der Waals surface area contributed by atoms with E-state index >= 15 is 0 Å². The third-order valence-electron chi connectivity index (χ3n) is 4.56. The molecule has 0 bridgehead atoms. The molecular formula is C15H24N6O2. The highest BCUT2D eigenvalue weighted by molar-refractivity contribution is 5.81. The zero-order chi connectivity index (χ0) is 16.3. The summed E-state index contributed by atoms with van der Waals surface area (Å²) in [5, 5.41) is 10.1. The zero-order valence-electron chi connectivity index (χ0n) is 13.8. The number of hydrogen-bond acceptors (Lipinski definition) is 5. The number of aryl methyl sites for hydroxylation is 1. The number of carbonyl (C=O) groups excluding carboxylic acids is 1. The van der Waals surface area contributed by atoms with E-state index in [4.69, 9.17) is 4.52 Å². The van der Waals surface area contributed by atoms with Crippen LogP contribution in [0.25, 0.3) is 0 Å². The van der Waals surface area contributed by atoms with E-state index in [9.17, 15) is 4.79 Å². The number of carbonyl (C=O) groups is 1. The molecule has 8 nitrogen and oxygen atoms in total. The van der Waals surface area contributed by atoms with Crippen molar-refractivity contribution in [3.63, 3.8) is 0 Å². The molecule has 126 valence electrons. The SMILES string of the molecule is CN=C(NCCc1nc(C)no1)N1CCCC2(CNC(=O)C2)C1. The van der Waals surface area contributed by atoms with E-state index in [1.54, 1.807) is 7.05 Å². The van der Waals surface area contributed by atoms with Gasteiger partial charge in [-0.1, -0.05) is 5.16 Å². The molecule has 8 heteroatoms. The predicted molar refractivity (Wildman–Crippen MR) is 85.0 cm³/mol. The monoisotopic (exact) mass is 320 g/mol. The Balaban J connectivity index is 1.54. The average molecular weight is 320 g/mol. The third-order valence-corrected chi connectivity index (χ3v) is 4.56. The molecule has 1 amide bonds. The van der Waals surface area contributed by atoms with Crippen LogP contribution in [-0.2, 0) is 11.2 Å². The van der Waals surface area contributed by atoms with Crippen LogP contribution in [0.1, 0.15) is 31.0 Å². The standard InChI is InChI=1S/C15H24N6O2/c1-11-19-13(23-20-11)4-6-17-14(16-2)21-7-3-5-15(10-21)8-12(22)18-9-15/h3-10H2,1-2H3,(H,16,17)(H,18,22). The lowest BCUT2D eigenvalue weighted by Crippen LogP contribution is -2.51. The summed E-state index contributed by atoms with van der Waals surface area (Å²) in [6, 6.07) is 0. The van der Waals surface area contributed by atoms with Crippen LogP contribution < -0.4 is 10.6 Å². The van der Waals surface area contributed by atoms with Crippen molar-refractivity contribution in [2.75, 3.05) is 33.2 Å². The molecule has 2 aliphatic heterocycles. The number of amides is 1. The molecule has 2 aliphatic rings. The van der Waals surface area contributed by atoms with E-state index in [1.165, 1.54) is 0 Å². The fraction of sp³-hybridized carbons (Fsp3) is 0.733. The topological polar surface area (TPSA) is 95.7 Å². The number of rotatable bonds is 3. The Morgan fingerprint density at radius 2 is 2.43 bits per heavy atom. The summed E-state index contributed by atoms with van der Waals surface area (Å²) in [7, 11) is 1.79. The van der Waals surface area contributed by atoms with E-state index in [1.807, 2.05) is 6.92 Å². The molecule has 3 rings (SSSR count). The smallest absolute Gasteiger partial charge is 0.228 e. The van der Waals surface area contributed by atoms with Crippen LogP contribution in [0.4, 0.5) is 0 Å². The van der Waals surface area contributed by atoms with Crippen LogP contribution in [0.15, 0.2) is 9.52 Å². The van der Waals surface area contributed by atoms with Crippen LogP contribution in [0.5, 0.6) is 0 Å². The minimum absolute atomic E-state index is 0.0660. The predicted octanol–water partition coefficient (Wildman–Crippen LogP) is 0.0980. The number of nitrogens with one attached hydrogen (secondary N) is 2. The van der Waals surface area contributed by atoms with Crippen molar-refractivity contribution in [3.05, 3.63) is 11.7 Å². The number of aliphatic imine (C=N–C) groups is 1. The fourth-order valence-electron chi connectivity index (χ4n) is 3.48. The Kier molecular flexibility index (Phi) is 4.49. The Morgan fingerprint density at radius 1 is 1.57 bits per heavy atom.